The first-order valence-corrected chi connectivity index (χ1v) is 8.31. The van der Waals surface area contributed by atoms with E-state index in [1.807, 2.05) is 49.6 Å². The molecule has 4 nitrogen and oxygen atoms in total. The summed E-state index contributed by atoms with van der Waals surface area (Å²) >= 11 is 7.40. The third kappa shape index (κ3) is 3.63. The van der Waals surface area contributed by atoms with Crippen LogP contribution in [0.2, 0.25) is 5.02 Å². The molecule has 1 aromatic carbocycles. The maximum Gasteiger partial charge on any atom is 0.263 e. The second kappa shape index (κ2) is 6.56. The Morgan fingerprint density at radius 1 is 1.26 bits per heavy atom. The van der Waals surface area contributed by atoms with E-state index in [1.54, 1.807) is 22.8 Å². The summed E-state index contributed by atoms with van der Waals surface area (Å²) in [5.74, 6) is 0.0130. The van der Waals surface area contributed by atoms with Gasteiger partial charge in [-0.05, 0) is 29.8 Å². The molecule has 3 rings (SSSR count). The van der Waals surface area contributed by atoms with Crippen molar-refractivity contribution >= 4 is 28.8 Å². The van der Waals surface area contributed by atoms with E-state index in [0.29, 0.717) is 11.6 Å². The number of halogens is 1. The van der Waals surface area contributed by atoms with Gasteiger partial charge in [-0.15, -0.1) is 11.3 Å². The molecule has 0 fully saturated rings. The summed E-state index contributed by atoms with van der Waals surface area (Å²) in [6.45, 7) is 0.543. The fourth-order valence-corrected chi connectivity index (χ4v) is 3.44. The highest BCUT2D eigenvalue weighted by Crippen LogP contribution is 2.29. The van der Waals surface area contributed by atoms with Crippen LogP contribution in [0.25, 0.3) is 10.4 Å². The van der Waals surface area contributed by atoms with Crippen molar-refractivity contribution in [2.75, 3.05) is 7.05 Å². The molecule has 0 N–H and O–H groups in total. The molecule has 3 aromatic rings. The van der Waals surface area contributed by atoms with Crippen LogP contribution in [0.4, 0.5) is 0 Å². The molecule has 0 unspecified atom stereocenters. The van der Waals surface area contributed by atoms with E-state index in [0.717, 1.165) is 20.9 Å². The predicted molar refractivity (Wildman–Crippen MR) is 93.8 cm³/mol. The molecule has 0 bridgehead atoms. The monoisotopic (exact) mass is 345 g/mol. The molecular weight excluding hydrogens is 330 g/mol. The van der Waals surface area contributed by atoms with E-state index < -0.39 is 0 Å². The molecular formula is C17H16ClN3OS. The Hall–Kier alpha value is -2.11. The largest absolute Gasteiger partial charge is 0.337 e. The Morgan fingerprint density at radius 3 is 2.65 bits per heavy atom. The lowest BCUT2D eigenvalue weighted by Gasteiger charge is -2.14. The minimum absolute atomic E-state index is 0.0130. The van der Waals surface area contributed by atoms with Crippen molar-refractivity contribution in [3.05, 3.63) is 64.3 Å². The lowest BCUT2D eigenvalue weighted by Crippen LogP contribution is -2.25. The first kappa shape index (κ1) is 15.8. The van der Waals surface area contributed by atoms with E-state index in [2.05, 4.69) is 5.10 Å². The van der Waals surface area contributed by atoms with Crippen molar-refractivity contribution in [3.63, 3.8) is 0 Å². The van der Waals surface area contributed by atoms with Crippen molar-refractivity contribution in [3.8, 4) is 10.4 Å². The lowest BCUT2D eigenvalue weighted by molar-refractivity contribution is 0.0790. The van der Waals surface area contributed by atoms with Gasteiger partial charge in [0.2, 0.25) is 0 Å². The summed E-state index contributed by atoms with van der Waals surface area (Å²) < 4.78 is 1.73. The number of carbonyl (C=O) groups excluding carboxylic acids is 1. The zero-order chi connectivity index (χ0) is 16.4. The summed E-state index contributed by atoms with van der Waals surface area (Å²) in [5, 5.41) is 4.83. The summed E-state index contributed by atoms with van der Waals surface area (Å²) in [5.41, 5.74) is 2.08. The zero-order valence-corrected chi connectivity index (χ0v) is 14.4. The van der Waals surface area contributed by atoms with Crippen molar-refractivity contribution < 1.29 is 4.79 Å². The van der Waals surface area contributed by atoms with Crippen LogP contribution >= 0.6 is 22.9 Å². The normalized spacial score (nSPS) is 10.7. The van der Waals surface area contributed by atoms with E-state index in [4.69, 9.17) is 11.6 Å². The Kier molecular flexibility index (Phi) is 4.50. The number of nitrogens with zero attached hydrogens (tertiary/aromatic N) is 3. The van der Waals surface area contributed by atoms with Crippen molar-refractivity contribution in [1.82, 2.24) is 14.7 Å². The number of hydrogen-bond acceptors (Lipinski definition) is 3. The average Bonchev–Trinajstić information content (AvgIpc) is 3.16. The average molecular weight is 346 g/mol. The third-order valence-electron chi connectivity index (χ3n) is 3.47. The maximum absolute atomic E-state index is 12.5. The fourth-order valence-electron chi connectivity index (χ4n) is 2.31. The minimum atomic E-state index is 0.0130. The van der Waals surface area contributed by atoms with Crippen LogP contribution in [0.3, 0.4) is 0 Å². The van der Waals surface area contributed by atoms with Crippen molar-refractivity contribution in [2.45, 2.75) is 6.54 Å². The van der Waals surface area contributed by atoms with Gasteiger partial charge in [0.25, 0.3) is 5.91 Å². The molecule has 1 amide bonds. The number of thiophene rings is 1. The summed E-state index contributed by atoms with van der Waals surface area (Å²) in [4.78, 5) is 16.0. The van der Waals surface area contributed by atoms with Crippen LogP contribution in [0.15, 0.2) is 48.8 Å². The van der Waals surface area contributed by atoms with Gasteiger partial charge >= 0.3 is 0 Å². The van der Waals surface area contributed by atoms with Gasteiger partial charge in [0.15, 0.2) is 0 Å². The Morgan fingerprint density at radius 2 is 2.00 bits per heavy atom. The van der Waals surface area contributed by atoms with Crippen molar-refractivity contribution in [2.24, 2.45) is 7.05 Å². The first-order chi connectivity index (χ1) is 11.0. The summed E-state index contributed by atoms with van der Waals surface area (Å²) in [7, 11) is 3.67. The molecule has 0 saturated carbocycles. The summed E-state index contributed by atoms with van der Waals surface area (Å²) in [6.07, 6.45) is 3.69. The third-order valence-corrected chi connectivity index (χ3v) is 4.84. The maximum atomic E-state index is 12.5. The van der Waals surface area contributed by atoms with Gasteiger partial charge in [-0.25, -0.2) is 0 Å². The summed E-state index contributed by atoms with van der Waals surface area (Å²) in [6, 6.07) is 11.5. The van der Waals surface area contributed by atoms with Gasteiger partial charge in [0.05, 0.1) is 11.1 Å². The van der Waals surface area contributed by atoms with Gasteiger partial charge in [-0.3, -0.25) is 9.48 Å². The molecule has 0 atom stereocenters. The molecule has 0 saturated heterocycles. The highest BCUT2D eigenvalue weighted by molar-refractivity contribution is 7.17. The number of benzene rings is 1. The predicted octanol–water partition coefficient (Wildman–Crippen LogP) is 4.07. The molecule has 118 valence electrons. The number of hydrogen-bond donors (Lipinski definition) is 0. The van der Waals surface area contributed by atoms with Crippen LogP contribution in [0, 0.1) is 0 Å². The van der Waals surface area contributed by atoms with Crippen LogP contribution in [0.1, 0.15) is 15.2 Å². The molecule has 6 heteroatoms. The smallest absolute Gasteiger partial charge is 0.263 e. The molecule has 0 aliphatic heterocycles. The van der Waals surface area contributed by atoms with Crippen molar-refractivity contribution in [1.29, 1.82) is 0 Å². The zero-order valence-electron chi connectivity index (χ0n) is 12.9. The number of aryl methyl sites for hydroxylation is 1. The SMILES string of the molecule is CN(Cc1cnn(C)c1)C(=O)c1ccc(-c2ccc(Cl)cc2)s1. The van der Waals surface area contributed by atoms with Crippen LogP contribution in [-0.2, 0) is 13.6 Å². The lowest BCUT2D eigenvalue weighted by atomic mass is 10.2. The van der Waals surface area contributed by atoms with Crippen LogP contribution < -0.4 is 0 Å². The van der Waals surface area contributed by atoms with Crippen LogP contribution in [0.5, 0.6) is 0 Å². The van der Waals surface area contributed by atoms with E-state index >= 15 is 0 Å². The van der Waals surface area contributed by atoms with Gasteiger partial charge < -0.3 is 4.90 Å². The number of aromatic nitrogens is 2. The standard InChI is InChI=1S/C17H16ClN3OS/c1-20(10-12-9-19-21(2)11-12)17(22)16-8-7-15(23-16)13-3-5-14(18)6-4-13/h3-9,11H,10H2,1-2H3. The molecule has 2 aromatic heterocycles. The highest BCUT2D eigenvalue weighted by Gasteiger charge is 2.15. The van der Waals surface area contributed by atoms with Gasteiger partial charge in [0.1, 0.15) is 0 Å². The highest BCUT2D eigenvalue weighted by atomic mass is 35.5. The quantitative estimate of drug-likeness (QED) is 0.714. The Bertz CT molecular complexity index is 822. The minimum Gasteiger partial charge on any atom is -0.337 e. The van der Waals surface area contributed by atoms with E-state index in [-0.39, 0.29) is 5.91 Å². The molecule has 0 spiro atoms. The van der Waals surface area contributed by atoms with Gasteiger partial charge in [0, 0.05) is 42.3 Å². The molecule has 2 heterocycles. The van der Waals surface area contributed by atoms with Gasteiger partial charge in [-0.1, -0.05) is 23.7 Å². The van der Waals surface area contributed by atoms with E-state index in [1.165, 1.54) is 11.3 Å². The van der Waals surface area contributed by atoms with Gasteiger partial charge in [-0.2, -0.15) is 5.10 Å². The van der Waals surface area contributed by atoms with E-state index in [9.17, 15) is 4.79 Å². The molecule has 23 heavy (non-hydrogen) atoms. The topological polar surface area (TPSA) is 38.1 Å². The number of rotatable bonds is 4. The second-order valence-electron chi connectivity index (χ2n) is 5.35. The fraction of sp³-hybridized carbons (Fsp3) is 0.176. The van der Waals surface area contributed by atoms with Crippen LogP contribution in [-0.4, -0.2) is 27.6 Å². The number of amides is 1. The molecule has 0 radical (unpaired) electrons. The molecule has 0 aliphatic rings. The number of carbonyl (C=O) groups is 1. The second-order valence-corrected chi connectivity index (χ2v) is 6.87. The molecule has 0 aliphatic carbocycles. The Balaban J connectivity index is 1.74. The first-order valence-electron chi connectivity index (χ1n) is 7.11. The Labute approximate surface area is 143 Å².